The van der Waals surface area contributed by atoms with Gasteiger partial charge in [-0.3, -0.25) is 9.59 Å². The van der Waals surface area contributed by atoms with Gasteiger partial charge in [-0.1, -0.05) is 24.5 Å². The predicted octanol–water partition coefficient (Wildman–Crippen LogP) is 1.39. The Bertz CT molecular complexity index is 658. The van der Waals surface area contributed by atoms with Crippen LogP contribution < -0.4 is 5.32 Å². The zero-order chi connectivity index (χ0) is 17.6. The summed E-state index contributed by atoms with van der Waals surface area (Å²) < 4.78 is -0.229. The molecule has 25 heavy (non-hydrogen) atoms. The van der Waals surface area contributed by atoms with Crippen molar-refractivity contribution in [3.8, 4) is 0 Å². The third-order valence-corrected chi connectivity index (χ3v) is 7.13. The molecule has 0 spiro atoms. The van der Waals surface area contributed by atoms with E-state index in [1.165, 1.54) is 19.3 Å². The highest BCUT2D eigenvalue weighted by molar-refractivity contribution is 8.01. The van der Waals surface area contributed by atoms with Gasteiger partial charge in [-0.15, -0.1) is 22.0 Å². The van der Waals surface area contributed by atoms with Gasteiger partial charge in [0.15, 0.2) is 5.82 Å². The van der Waals surface area contributed by atoms with Crippen molar-refractivity contribution in [3.05, 3.63) is 5.82 Å². The monoisotopic (exact) mass is 364 g/mol. The Morgan fingerprint density at radius 1 is 1.36 bits per heavy atom. The molecule has 9 heteroatoms. The van der Waals surface area contributed by atoms with Gasteiger partial charge < -0.3 is 10.2 Å². The van der Waals surface area contributed by atoms with Crippen LogP contribution >= 0.6 is 11.8 Å². The predicted molar refractivity (Wildman–Crippen MR) is 92.3 cm³/mol. The van der Waals surface area contributed by atoms with Gasteiger partial charge in [-0.05, 0) is 32.6 Å². The van der Waals surface area contributed by atoms with E-state index in [-0.39, 0.29) is 28.0 Å². The second-order valence-electron chi connectivity index (χ2n) is 7.78. The fourth-order valence-corrected chi connectivity index (χ4v) is 5.97. The molecule has 3 heterocycles. The molecule has 2 N–H and O–H groups in total. The zero-order valence-electron chi connectivity index (χ0n) is 14.6. The smallest absolute Gasteiger partial charge is 0.249 e. The fourth-order valence-electron chi connectivity index (χ4n) is 4.34. The minimum absolute atomic E-state index is 0.00585. The molecule has 2 saturated heterocycles. The number of nitrogens with one attached hydrogen (secondary N) is 2. The van der Waals surface area contributed by atoms with E-state index in [1.54, 1.807) is 16.7 Å². The first kappa shape index (κ1) is 16.8. The van der Waals surface area contributed by atoms with Crippen molar-refractivity contribution in [2.24, 2.45) is 5.92 Å². The second-order valence-corrected chi connectivity index (χ2v) is 9.55. The number of rotatable bonds is 4. The molecular formula is C16H24N6O2S. The van der Waals surface area contributed by atoms with Crippen LogP contribution in [0.2, 0.25) is 0 Å². The average molecular weight is 364 g/mol. The second kappa shape index (κ2) is 6.26. The van der Waals surface area contributed by atoms with Crippen molar-refractivity contribution in [2.45, 2.75) is 74.6 Å². The number of thioether (sulfide) groups is 1. The Hall–Kier alpha value is -1.64. The minimum atomic E-state index is -0.433. The Kier molecular flexibility index (Phi) is 4.21. The summed E-state index contributed by atoms with van der Waals surface area (Å²) in [6.45, 7) is 4.15. The van der Waals surface area contributed by atoms with Gasteiger partial charge in [-0.25, -0.2) is 0 Å². The summed E-state index contributed by atoms with van der Waals surface area (Å²) in [6.07, 6.45) is 6.51. The van der Waals surface area contributed by atoms with Crippen LogP contribution in [-0.4, -0.2) is 53.5 Å². The summed E-state index contributed by atoms with van der Waals surface area (Å²) in [5.74, 6) is 0.960. The van der Waals surface area contributed by atoms with Gasteiger partial charge in [0.05, 0.1) is 0 Å². The summed E-state index contributed by atoms with van der Waals surface area (Å²) in [5, 5.41) is 17.1. The summed E-state index contributed by atoms with van der Waals surface area (Å²) in [7, 11) is 0. The maximum atomic E-state index is 12.7. The molecule has 2 aliphatic heterocycles. The molecular weight excluding hydrogens is 340 g/mol. The summed E-state index contributed by atoms with van der Waals surface area (Å²) >= 11 is 1.69. The standard InChI is InChI=1S/C16H24N6O2S/c1-16(2)12(13-18-20-21-19-13)22-14(24)11(15(22)25-16)17-10(23)8-9-6-4-3-5-7-9/h9,11-12,15H,3-8H2,1-2H3,(H,17,23)(H,18,19,20,21). The van der Waals surface area contributed by atoms with E-state index in [1.807, 2.05) is 0 Å². The van der Waals surface area contributed by atoms with E-state index in [0.717, 1.165) is 12.8 Å². The van der Waals surface area contributed by atoms with Crippen LogP contribution in [0.1, 0.15) is 64.2 Å². The molecule has 1 aromatic heterocycles. The van der Waals surface area contributed by atoms with Gasteiger partial charge in [0.1, 0.15) is 17.5 Å². The minimum Gasteiger partial charge on any atom is -0.342 e. The Morgan fingerprint density at radius 2 is 2.12 bits per heavy atom. The van der Waals surface area contributed by atoms with Crippen LogP contribution in [0.3, 0.4) is 0 Å². The van der Waals surface area contributed by atoms with Gasteiger partial charge in [0.25, 0.3) is 0 Å². The first-order valence-electron chi connectivity index (χ1n) is 9.00. The van der Waals surface area contributed by atoms with E-state index >= 15 is 0 Å². The molecule has 4 rings (SSSR count). The lowest BCUT2D eigenvalue weighted by atomic mass is 9.86. The zero-order valence-corrected chi connectivity index (χ0v) is 15.4. The van der Waals surface area contributed by atoms with E-state index in [4.69, 9.17) is 0 Å². The maximum Gasteiger partial charge on any atom is 0.249 e. The lowest BCUT2D eigenvalue weighted by Gasteiger charge is -2.44. The van der Waals surface area contributed by atoms with Gasteiger partial charge in [-0.2, -0.15) is 5.21 Å². The van der Waals surface area contributed by atoms with Crippen molar-refractivity contribution in [1.82, 2.24) is 30.8 Å². The number of carbonyl (C=O) groups excluding carboxylic acids is 2. The van der Waals surface area contributed by atoms with E-state index in [0.29, 0.717) is 18.2 Å². The van der Waals surface area contributed by atoms with Crippen molar-refractivity contribution >= 4 is 23.6 Å². The molecule has 0 bridgehead atoms. The molecule has 1 aromatic rings. The quantitative estimate of drug-likeness (QED) is 0.783. The highest BCUT2D eigenvalue weighted by Crippen LogP contribution is 2.56. The number of β-lactam (4-membered cyclic amide) rings is 1. The first-order valence-corrected chi connectivity index (χ1v) is 9.88. The van der Waals surface area contributed by atoms with Gasteiger partial charge in [0, 0.05) is 11.2 Å². The molecule has 1 saturated carbocycles. The molecule has 0 aromatic carbocycles. The van der Waals surface area contributed by atoms with Crippen molar-refractivity contribution in [3.63, 3.8) is 0 Å². The molecule has 3 fully saturated rings. The Morgan fingerprint density at radius 3 is 2.80 bits per heavy atom. The number of hydrogen-bond acceptors (Lipinski definition) is 6. The van der Waals surface area contributed by atoms with E-state index < -0.39 is 6.04 Å². The molecule has 136 valence electrons. The Balaban J connectivity index is 1.41. The summed E-state index contributed by atoms with van der Waals surface area (Å²) in [5.41, 5.74) is 0. The molecule has 0 radical (unpaired) electrons. The number of tetrazole rings is 1. The first-order chi connectivity index (χ1) is 12.0. The number of carbonyl (C=O) groups is 2. The van der Waals surface area contributed by atoms with E-state index in [2.05, 4.69) is 39.8 Å². The molecule has 3 unspecified atom stereocenters. The van der Waals surface area contributed by atoms with Crippen LogP contribution in [0.15, 0.2) is 0 Å². The van der Waals surface area contributed by atoms with Crippen LogP contribution in [0, 0.1) is 5.92 Å². The van der Waals surface area contributed by atoms with Gasteiger partial charge in [0.2, 0.25) is 11.8 Å². The number of hydrogen-bond donors (Lipinski definition) is 2. The highest BCUT2D eigenvalue weighted by Gasteiger charge is 2.63. The number of aromatic nitrogens is 4. The number of aromatic amines is 1. The topological polar surface area (TPSA) is 104 Å². The third kappa shape index (κ3) is 2.92. The summed E-state index contributed by atoms with van der Waals surface area (Å²) in [6, 6.07) is -0.655. The van der Waals surface area contributed by atoms with Crippen molar-refractivity contribution in [1.29, 1.82) is 0 Å². The van der Waals surface area contributed by atoms with Crippen molar-refractivity contribution < 1.29 is 9.59 Å². The molecule has 2 amide bonds. The van der Waals surface area contributed by atoms with Crippen LogP contribution in [0.4, 0.5) is 0 Å². The normalized spacial score (nSPS) is 31.5. The lowest BCUT2D eigenvalue weighted by Crippen LogP contribution is -2.68. The van der Waals surface area contributed by atoms with Crippen LogP contribution in [0.25, 0.3) is 0 Å². The lowest BCUT2D eigenvalue weighted by molar-refractivity contribution is -0.152. The molecule has 8 nitrogen and oxygen atoms in total. The molecule has 3 atom stereocenters. The maximum absolute atomic E-state index is 12.7. The average Bonchev–Trinajstić information content (AvgIpc) is 3.18. The van der Waals surface area contributed by atoms with Gasteiger partial charge >= 0.3 is 0 Å². The highest BCUT2D eigenvalue weighted by atomic mass is 32.2. The SMILES string of the molecule is CC1(C)SC2C(NC(=O)CC3CCCCC3)C(=O)N2C1c1nn[nH]n1. The Labute approximate surface area is 150 Å². The van der Waals surface area contributed by atoms with Crippen molar-refractivity contribution in [2.75, 3.05) is 0 Å². The largest absolute Gasteiger partial charge is 0.342 e. The van der Waals surface area contributed by atoms with Crippen LogP contribution in [0.5, 0.6) is 0 Å². The number of fused-ring (bicyclic) bond motifs is 1. The number of amides is 2. The number of H-pyrrole nitrogens is 1. The fraction of sp³-hybridized carbons (Fsp3) is 0.812. The van der Waals surface area contributed by atoms with E-state index in [9.17, 15) is 9.59 Å². The van der Waals surface area contributed by atoms with Crippen LogP contribution in [-0.2, 0) is 9.59 Å². The third-order valence-electron chi connectivity index (χ3n) is 5.56. The summed E-state index contributed by atoms with van der Waals surface area (Å²) in [4.78, 5) is 26.9. The number of nitrogens with zero attached hydrogens (tertiary/aromatic N) is 4. The molecule has 1 aliphatic carbocycles. The molecule has 3 aliphatic rings.